The van der Waals surface area contributed by atoms with E-state index in [9.17, 15) is 18.5 Å². The molecule has 0 unspecified atom stereocenters. The number of benzene rings is 4. The largest absolute Gasteiger partial charge is 0.493 e. The Morgan fingerprint density at radius 3 is 2.33 bits per heavy atom. The van der Waals surface area contributed by atoms with Gasteiger partial charge in [-0.15, -0.1) is 0 Å². The summed E-state index contributed by atoms with van der Waals surface area (Å²) >= 11 is 0. The Bertz CT molecular complexity index is 1620. The minimum Gasteiger partial charge on any atom is -0.493 e. The number of anilines is 1. The molecule has 1 N–H and O–H groups in total. The lowest BCUT2D eigenvalue weighted by Crippen LogP contribution is -2.13. The normalized spacial score (nSPS) is 11.5. The molecular weight excluding hydrogens is 476 g/mol. The number of methoxy groups -OCH3 is 1. The quantitative estimate of drug-likeness (QED) is 0.206. The maximum atomic E-state index is 12.7. The van der Waals surface area contributed by atoms with Crippen LogP contribution in [0.4, 0.5) is 5.69 Å². The molecule has 4 aromatic carbocycles. The van der Waals surface area contributed by atoms with Crippen LogP contribution in [-0.2, 0) is 14.9 Å². The summed E-state index contributed by atoms with van der Waals surface area (Å²) in [5.41, 5.74) is 1.80. The average Bonchev–Trinajstić information content (AvgIpc) is 2.88. The molecule has 4 rings (SSSR count). The van der Waals surface area contributed by atoms with Crippen LogP contribution >= 0.6 is 0 Å². The smallest absolute Gasteiger partial charge is 0.339 e. The van der Waals surface area contributed by atoms with Gasteiger partial charge < -0.3 is 14.2 Å². The van der Waals surface area contributed by atoms with Gasteiger partial charge in [0.15, 0.2) is 11.5 Å². The van der Waals surface area contributed by atoms with Crippen molar-refractivity contribution in [1.82, 2.24) is 0 Å². The van der Waals surface area contributed by atoms with Crippen molar-refractivity contribution >= 4 is 38.6 Å². The number of amides is 1. The molecule has 0 bridgehead atoms. The molecule has 0 saturated carbocycles. The fourth-order valence-corrected chi connectivity index (χ4v) is 4.43. The lowest BCUT2D eigenvalue weighted by molar-refractivity contribution is -0.112. The summed E-state index contributed by atoms with van der Waals surface area (Å²) < 4.78 is 35.9. The first-order valence-corrected chi connectivity index (χ1v) is 12.3. The van der Waals surface area contributed by atoms with Crippen LogP contribution < -0.4 is 14.2 Å². The molecule has 0 fully saturated rings. The minimum atomic E-state index is -4.08. The highest BCUT2D eigenvalue weighted by Crippen LogP contribution is 2.31. The van der Waals surface area contributed by atoms with Crippen LogP contribution in [0, 0.1) is 18.3 Å². The van der Waals surface area contributed by atoms with Gasteiger partial charge in [0.05, 0.1) is 7.11 Å². The van der Waals surface area contributed by atoms with Crippen molar-refractivity contribution in [3.8, 4) is 17.6 Å². The summed E-state index contributed by atoms with van der Waals surface area (Å²) in [4.78, 5) is 12.7. The third kappa shape index (κ3) is 5.54. The molecule has 180 valence electrons. The first kappa shape index (κ1) is 24.5. The molecule has 1 amide bonds. The number of nitrogens with zero attached hydrogens (tertiary/aromatic N) is 1. The molecule has 0 aliphatic carbocycles. The number of fused-ring (bicyclic) bond motifs is 1. The van der Waals surface area contributed by atoms with Crippen molar-refractivity contribution in [2.75, 3.05) is 12.4 Å². The first-order chi connectivity index (χ1) is 17.3. The number of carbonyl (C=O) groups is 1. The molecule has 0 heterocycles. The third-order valence-electron chi connectivity index (χ3n) is 5.38. The van der Waals surface area contributed by atoms with E-state index in [1.165, 1.54) is 43.5 Å². The molecule has 8 heteroatoms. The zero-order chi connectivity index (χ0) is 25.7. The highest BCUT2D eigenvalue weighted by atomic mass is 32.2. The fourth-order valence-electron chi connectivity index (χ4n) is 3.49. The Labute approximate surface area is 209 Å². The molecule has 36 heavy (non-hydrogen) atoms. The van der Waals surface area contributed by atoms with Gasteiger partial charge in [-0.2, -0.15) is 13.7 Å². The SMILES string of the molecule is COc1cc(/C=C(\C#N)C(=O)Nc2ccc3ccccc3c2)ccc1OS(=O)(=O)c1ccc(C)cc1. The van der Waals surface area contributed by atoms with Crippen molar-refractivity contribution in [3.05, 3.63) is 102 Å². The molecule has 0 atom stereocenters. The Hall–Kier alpha value is -4.61. The number of nitriles is 1. The molecule has 0 aromatic heterocycles. The summed E-state index contributed by atoms with van der Waals surface area (Å²) in [6.45, 7) is 1.85. The van der Waals surface area contributed by atoms with Crippen molar-refractivity contribution in [1.29, 1.82) is 5.26 Å². The van der Waals surface area contributed by atoms with Crippen molar-refractivity contribution < 1.29 is 22.1 Å². The van der Waals surface area contributed by atoms with Gasteiger partial charge in [0, 0.05) is 5.69 Å². The molecule has 0 radical (unpaired) electrons. The maximum absolute atomic E-state index is 12.7. The highest BCUT2D eigenvalue weighted by molar-refractivity contribution is 7.87. The van der Waals surface area contributed by atoms with E-state index in [-0.39, 0.29) is 22.0 Å². The second-order valence-corrected chi connectivity index (χ2v) is 9.49. The van der Waals surface area contributed by atoms with E-state index in [1.54, 1.807) is 18.2 Å². The molecule has 4 aromatic rings. The van der Waals surface area contributed by atoms with Crippen LogP contribution in [0.3, 0.4) is 0 Å². The van der Waals surface area contributed by atoms with Crippen LogP contribution in [0.25, 0.3) is 16.8 Å². The number of hydrogen-bond acceptors (Lipinski definition) is 6. The van der Waals surface area contributed by atoms with Crippen LogP contribution in [0.2, 0.25) is 0 Å². The van der Waals surface area contributed by atoms with Crippen LogP contribution in [0.15, 0.2) is 95.4 Å². The summed E-state index contributed by atoms with van der Waals surface area (Å²) in [7, 11) is -2.71. The van der Waals surface area contributed by atoms with E-state index < -0.39 is 16.0 Å². The van der Waals surface area contributed by atoms with Gasteiger partial charge in [-0.3, -0.25) is 4.79 Å². The van der Waals surface area contributed by atoms with Crippen molar-refractivity contribution in [3.63, 3.8) is 0 Å². The van der Waals surface area contributed by atoms with E-state index in [0.29, 0.717) is 11.3 Å². The zero-order valence-corrected chi connectivity index (χ0v) is 20.4. The molecular formula is C28H22N2O5S. The summed E-state index contributed by atoms with van der Waals surface area (Å²) in [6, 6.07) is 25.8. The Morgan fingerprint density at radius 1 is 0.917 bits per heavy atom. The zero-order valence-electron chi connectivity index (χ0n) is 19.6. The fraction of sp³-hybridized carbons (Fsp3) is 0.0714. The van der Waals surface area contributed by atoms with Gasteiger partial charge >= 0.3 is 10.1 Å². The Morgan fingerprint density at radius 2 is 1.64 bits per heavy atom. The number of rotatable bonds is 7. The standard InChI is InChI=1S/C28H22N2O5S/c1-19-7-12-25(13-8-19)36(32,33)35-26-14-9-20(16-27(26)34-2)15-23(18-29)28(31)30-24-11-10-21-5-3-4-6-22(21)17-24/h3-17H,1-2H3,(H,30,31)/b23-15+. The van der Waals surface area contributed by atoms with Gasteiger partial charge in [0.2, 0.25) is 0 Å². The Balaban J connectivity index is 1.55. The lowest BCUT2D eigenvalue weighted by Gasteiger charge is -2.12. The molecule has 0 spiro atoms. The summed E-state index contributed by atoms with van der Waals surface area (Å²) in [5, 5.41) is 14.3. The van der Waals surface area contributed by atoms with E-state index in [2.05, 4.69) is 5.32 Å². The number of ether oxygens (including phenoxy) is 1. The van der Waals surface area contributed by atoms with Gasteiger partial charge in [0.25, 0.3) is 5.91 Å². The predicted octanol–water partition coefficient (Wildman–Crippen LogP) is 5.47. The lowest BCUT2D eigenvalue weighted by atomic mass is 10.1. The van der Waals surface area contributed by atoms with E-state index in [0.717, 1.165) is 16.3 Å². The second kappa shape index (κ2) is 10.3. The van der Waals surface area contributed by atoms with E-state index >= 15 is 0 Å². The number of nitrogens with one attached hydrogen (secondary N) is 1. The number of carbonyl (C=O) groups excluding carboxylic acids is 1. The topological polar surface area (TPSA) is 105 Å². The van der Waals surface area contributed by atoms with E-state index in [4.69, 9.17) is 8.92 Å². The second-order valence-electron chi connectivity index (χ2n) is 7.95. The average molecular weight is 499 g/mol. The summed E-state index contributed by atoms with van der Waals surface area (Å²) in [5.74, 6) is -0.463. The molecule has 0 aliphatic heterocycles. The first-order valence-electron chi connectivity index (χ1n) is 10.9. The monoisotopic (exact) mass is 498 g/mol. The third-order valence-corrected chi connectivity index (χ3v) is 6.63. The van der Waals surface area contributed by atoms with Crippen molar-refractivity contribution in [2.24, 2.45) is 0 Å². The van der Waals surface area contributed by atoms with Gasteiger partial charge in [-0.05, 0) is 65.7 Å². The van der Waals surface area contributed by atoms with Crippen LogP contribution in [0.5, 0.6) is 11.5 Å². The van der Waals surface area contributed by atoms with E-state index in [1.807, 2.05) is 49.4 Å². The summed E-state index contributed by atoms with van der Waals surface area (Å²) in [6.07, 6.45) is 1.39. The minimum absolute atomic E-state index is 0.0104. The van der Waals surface area contributed by atoms with Gasteiger partial charge in [-0.1, -0.05) is 54.1 Å². The molecule has 0 aliphatic rings. The van der Waals surface area contributed by atoms with Crippen molar-refractivity contribution in [2.45, 2.75) is 11.8 Å². The highest BCUT2D eigenvalue weighted by Gasteiger charge is 2.19. The molecule has 7 nitrogen and oxygen atoms in total. The Kier molecular flexibility index (Phi) is 7.04. The van der Waals surface area contributed by atoms with Crippen LogP contribution in [0.1, 0.15) is 11.1 Å². The molecule has 0 saturated heterocycles. The van der Waals surface area contributed by atoms with Gasteiger partial charge in [0.1, 0.15) is 16.5 Å². The predicted molar refractivity (Wildman–Crippen MR) is 138 cm³/mol. The van der Waals surface area contributed by atoms with Gasteiger partial charge in [-0.25, -0.2) is 0 Å². The maximum Gasteiger partial charge on any atom is 0.339 e. The van der Waals surface area contributed by atoms with Crippen LogP contribution in [-0.4, -0.2) is 21.4 Å². The number of hydrogen-bond donors (Lipinski definition) is 1. The number of aryl methyl sites for hydroxylation is 1.